The Bertz CT molecular complexity index is 868. The SMILES string of the molecule is COC1CCC2(CC1)CC1=C(OCN(C)C(=N)NC(C)=O)C2C(C)(C#CC2CC2)C=C1. The van der Waals surface area contributed by atoms with E-state index in [1.54, 1.807) is 11.9 Å². The minimum absolute atomic E-state index is 0.0448. The van der Waals surface area contributed by atoms with Crippen molar-refractivity contribution < 1.29 is 14.3 Å². The lowest BCUT2D eigenvalue weighted by Crippen LogP contribution is -2.44. The van der Waals surface area contributed by atoms with Crippen LogP contribution in [0.4, 0.5) is 0 Å². The molecule has 1 spiro atoms. The van der Waals surface area contributed by atoms with E-state index >= 15 is 0 Å². The molecule has 2 bridgehead atoms. The summed E-state index contributed by atoms with van der Waals surface area (Å²) < 4.78 is 12.1. The van der Waals surface area contributed by atoms with Crippen LogP contribution >= 0.6 is 0 Å². The fourth-order valence-electron chi connectivity index (χ4n) is 5.59. The van der Waals surface area contributed by atoms with Gasteiger partial charge < -0.3 is 14.4 Å². The first-order valence-corrected chi connectivity index (χ1v) is 11.4. The lowest BCUT2D eigenvalue weighted by molar-refractivity contribution is -0.117. The Balaban J connectivity index is 1.57. The van der Waals surface area contributed by atoms with Gasteiger partial charge >= 0.3 is 0 Å². The van der Waals surface area contributed by atoms with Crippen molar-refractivity contribution >= 4 is 11.9 Å². The third kappa shape index (κ3) is 4.39. The van der Waals surface area contributed by atoms with Gasteiger partial charge in [0.05, 0.1) is 11.5 Å². The molecule has 0 saturated heterocycles. The number of methoxy groups -OCH3 is 1. The van der Waals surface area contributed by atoms with Crippen LogP contribution in [0.3, 0.4) is 0 Å². The van der Waals surface area contributed by atoms with Crippen LogP contribution in [0.1, 0.15) is 58.8 Å². The van der Waals surface area contributed by atoms with E-state index < -0.39 is 0 Å². The molecular weight excluding hydrogens is 390 g/mol. The molecule has 4 aliphatic rings. The Hall–Kier alpha value is -2.26. The van der Waals surface area contributed by atoms with Crippen molar-refractivity contribution in [3.8, 4) is 11.8 Å². The van der Waals surface area contributed by atoms with Crippen molar-refractivity contribution in [2.75, 3.05) is 20.9 Å². The Morgan fingerprint density at radius 1 is 1.32 bits per heavy atom. The fourth-order valence-corrected chi connectivity index (χ4v) is 5.59. The number of nitrogens with one attached hydrogen (secondary N) is 2. The topological polar surface area (TPSA) is 74.7 Å². The number of carbonyl (C=O) groups is 1. The summed E-state index contributed by atoms with van der Waals surface area (Å²) in [5.41, 5.74) is 1.17. The Kier molecular flexibility index (Phi) is 5.91. The molecule has 2 N–H and O–H groups in total. The van der Waals surface area contributed by atoms with Crippen LogP contribution < -0.4 is 5.32 Å². The molecule has 2 fully saturated rings. The van der Waals surface area contributed by atoms with E-state index in [4.69, 9.17) is 14.9 Å². The maximum Gasteiger partial charge on any atom is 0.223 e. The molecule has 0 aromatic heterocycles. The van der Waals surface area contributed by atoms with E-state index in [9.17, 15) is 4.79 Å². The summed E-state index contributed by atoms with van der Waals surface area (Å²) in [7, 11) is 3.58. The lowest BCUT2D eigenvalue weighted by atomic mass is 9.58. The molecule has 2 saturated carbocycles. The molecule has 0 radical (unpaired) electrons. The zero-order valence-corrected chi connectivity index (χ0v) is 19.2. The molecule has 1 amide bonds. The molecule has 2 unspecified atom stereocenters. The summed E-state index contributed by atoms with van der Waals surface area (Å²) in [5.74, 6) is 8.78. The number of amides is 1. The number of guanidine groups is 1. The first-order valence-electron chi connectivity index (χ1n) is 11.4. The van der Waals surface area contributed by atoms with Crippen LogP contribution in [0.15, 0.2) is 23.5 Å². The predicted molar refractivity (Wildman–Crippen MR) is 120 cm³/mol. The maximum atomic E-state index is 11.3. The molecular formula is C25H35N3O3. The average molecular weight is 426 g/mol. The quantitative estimate of drug-likeness (QED) is 0.311. The molecule has 6 nitrogen and oxygen atoms in total. The molecule has 168 valence electrons. The number of carbonyl (C=O) groups excluding carboxylic acids is 1. The van der Waals surface area contributed by atoms with Gasteiger partial charge in [0.1, 0.15) is 5.76 Å². The molecule has 0 aromatic carbocycles. The molecule has 0 aliphatic heterocycles. The number of hydrogen-bond acceptors (Lipinski definition) is 4. The molecule has 4 rings (SSSR count). The van der Waals surface area contributed by atoms with E-state index in [1.165, 1.54) is 25.3 Å². The maximum absolute atomic E-state index is 11.3. The van der Waals surface area contributed by atoms with Crippen molar-refractivity contribution in [3.05, 3.63) is 23.5 Å². The molecule has 0 aromatic rings. The first kappa shape index (κ1) is 22.0. The highest BCUT2D eigenvalue weighted by Crippen LogP contribution is 2.63. The van der Waals surface area contributed by atoms with E-state index in [0.29, 0.717) is 12.0 Å². The van der Waals surface area contributed by atoms with Crippen LogP contribution in [0, 0.1) is 39.9 Å². The summed E-state index contributed by atoms with van der Waals surface area (Å²) >= 11 is 0. The third-order valence-electron chi connectivity index (χ3n) is 7.44. The number of rotatable bonds is 4. The van der Waals surface area contributed by atoms with Gasteiger partial charge in [0, 0.05) is 32.9 Å². The molecule has 0 heterocycles. The van der Waals surface area contributed by atoms with Crippen LogP contribution in [0.2, 0.25) is 0 Å². The van der Waals surface area contributed by atoms with E-state index in [2.05, 4.69) is 36.2 Å². The van der Waals surface area contributed by atoms with Crippen molar-refractivity contribution in [3.63, 3.8) is 0 Å². The van der Waals surface area contributed by atoms with Gasteiger partial charge in [-0.2, -0.15) is 0 Å². The number of nitrogens with zero attached hydrogens (tertiary/aromatic N) is 1. The van der Waals surface area contributed by atoms with E-state index in [0.717, 1.165) is 37.9 Å². The van der Waals surface area contributed by atoms with Crippen molar-refractivity contribution in [1.82, 2.24) is 10.2 Å². The standard InChI is InChI=1S/C25H35N3O3/c1-17(29)27-23(26)28(3)16-31-21-19-8-12-24(2,11-7-18-5-6-18)22(21)25(15-19)13-9-20(30-4)10-14-25/h8,12,18,20,22H,5-6,9-10,13-16H2,1-4H3,(H2,26,27,29). The third-order valence-corrected chi connectivity index (χ3v) is 7.44. The summed E-state index contributed by atoms with van der Waals surface area (Å²) in [4.78, 5) is 12.9. The van der Waals surface area contributed by atoms with Gasteiger partial charge in [-0.25, -0.2) is 0 Å². The Labute approximate surface area is 185 Å². The Morgan fingerprint density at radius 2 is 2.03 bits per heavy atom. The van der Waals surface area contributed by atoms with Gasteiger partial charge in [-0.1, -0.05) is 24.0 Å². The molecule has 31 heavy (non-hydrogen) atoms. The lowest BCUT2D eigenvalue weighted by Gasteiger charge is -2.47. The van der Waals surface area contributed by atoms with Crippen LogP contribution in [-0.2, 0) is 14.3 Å². The highest BCUT2D eigenvalue weighted by molar-refractivity contribution is 5.94. The molecule has 4 aliphatic carbocycles. The van der Waals surface area contributed by atoms with Gasteiger partial charge in [0.2, 0.25) is 5.91 Å². The zero-order chi connectivity index (χ0) is 22.2. The van der Waals surface area contributed by atoms with Crippen LogP contribution in [0.5, 0.6) is 0 Å². The van der Waals surface area contributed by atoms with Crippen LogP contribution in [0.25, 0.3) is 0 Å². The van der Waals surface area contributed by atoms with E-state index in [-0.39, 0.29) is 35.3 Å². The minimum atomic E-state index is -0.253. The summed E-state index contributed by atoms with van der Waals surface area (Å²) in [6, 6.07) is 0. The number of hydrogen-bond donors (Lipinski definition) is 2. The van der Waals surface area contributed by atoms with Crippen molar-refractivity contribution in [1.29, 1.82) is 5.41 Å². The molecule has 2 atom stereocenters. The van der Waals surface area contributed by atoms with Crippen molar-refractivity contribution in [2.45, 2.75) is 64.9 Å². The smallest absolute Gasteiger partial charge is 0.223 e. The van der Waals surface area contributed by atoms with Gasteiger partial charge in [-0.15, -0.1) is 0 Å². The second kappa shape index (κ2) is 8.35. The highest BCUT2D eigenvalue weighted by atomic mass is 16.5. The van der Waals surface area contributed by atoms with E-state index in [1.807, 2.05) is 7.11 Å². The average Bonchev–Trinajstić information content (AvgIpc) is 3.53. The fraction of sp³-hybridized carbons (Fsp3) is 0.680. The number of allylic oxidation sites excluding steroid dienone is 4. The number of ether oxygens (including phenoxy) is 2. The van der Waals surface area contributed by atoms with Gasteiger partial charge in [0.25, 0.3) is 0 Å². The first-order chi connectivity index (χ1) is 14.8. The minimum Gasteiger partial charge on any atom is -0.477 e. The zero-order valence-electron chi connectivity index (χ0n) is 19.2. The summed E-state index contributed by atoms with van der Waals surface area (Å²) in [5, 5.41) is 10.6. The molecule has 6 heteroatoms. The largest absolute Gasteiger partial charge is 0.477 e. The van der Waals surface area contributed by atoms with Crippen LogP contribution in [-0.4, -0.2) is 43.8 Å². The van der Waals surface area contributed by atoms with Gasteiger partial charge in [-0.3, -0.25) is 15.5 Å². The summed E-state index contributed by atoms with van der Waals surface area (Å²) in [6.07, 6.45) is 12.7. The normalized spacial score (nSPS) is 33.7. The second-order valence-electron chi connectivity index (χ2n) is 9.96. The monoisotopic (exact) mass is 425 g/mol. The van der Waals surface area contributed by atoms with Crippen molar-refractivity contribution in [2.24, 2.45) is 22.7 Å². The summed E-state index contributed by atoms with van der Waals surface area (Å²) in [6.45, 7) is 3.90. The predicted octanol–water partition coefficient (Wildman–Crippen LogP) is 3.80. The van der Waals surface area contributed by atoms with Gasteiger partial charge in [-0.05, 0) is 62.9 Å². The van der Waals surface area contributed by atoms with Gasteiger partial charge in [0.15, 0.2) is 12.7 Å². The number of fused-ring (bicyclic) bond motifs is 2. The highest BCUT2D eigenvalue weighted by Gasteiger charge is 2.57. The Morgan fingerprint density at radius 3 is 2.65 bits per heavy atom. The second-order valence-corrected chi connectivity index (χ2v) is 9.96.